The summed E-state index contributed by atoms with van der Waals surface area (Å²) in [5, 5.41) is 0. The SMILES string of the molecule is CCC1Cc2cc(-c3ccc(C(=O)N4CCOCC4)cc3)cc(C(F)(F)F)c2O1. The summed E-state index contributed by atoms with van der Waals surface area (Å²) in [5.74, 6) is -0.142. The Labute approximate surface area is 167 Å². The smallest absolute Gasteiger partial charge is 0.419 e. The van der Waals surface area contributed by atoms with Gasteiger partial charge in [-0.05, 0) is 47.4 Å². The molecule has 2 aliphatic heterocycles. The number of alkyl halides is 3. The fraction of sp³-hybridized carbons (Fsp3) is 0.409. The van der Waals surface area contributed by atoms with Crippen LogP contribution in [0.25, 0.3) is 11.1 Å². The van der Waals surface area contributed by atoms with Crippen molar-refractivity contribution in [3.8, 4) is 16.9 Å². The Hall–Kier alpha value is -2.54. The van der Waals surface area contributed by atoms with Gasteiger partial charge in [-0.25, -0.2) is 0 Å². The number of benzene rings is 2. The molecule has 7 heteroatoms. The molecule has 2 aromatic rings. The summed E-state index contributed by atoms with van der Waals surface area (Å²) in [7, 11) is 0. The molecule has 0 spiro atoms. The van der Waals surface area contributed by atoms with E-state index in [1.54, 1.807) is 35.2 Å². The van der Waals surface area contributed by atoms with Crippen LogP contribution in [0.3, 0.4) is 0 Å². The highest BCUT2D eigenvalue weighted by Gasteiger charge is 2.39. The Balaban J connectivity index is 1.64. The van der Waals surface area contributed by atoms with Gasteiger partial charge in [-0.15, -0.1) is 0 Å². The van der Waals surface area contributed by atoms with Crippen LogP contribution < -0.4 is 4.74 Å². The first-order valence-corrected chi connectivity index (χ1v) is 9.75. The molecule has 4 rings (SSSR count). The van der Waals surface area contributed by atoms with Gasteiger partial charge >= 0.3 is 6.18 Å². The first kappa shape index (κ1) is 19.8. The molecule has 4 nitrogen and oxygen atoms in total. The number of hydrogen-bond acceptors (Lipinski definition) is 3. The normalized spacial score (nSPS) is 19.0. The van der Waals surface area contributed by atoms with E-state index in [1.165, 1.54) is 0 Å². The molecule has 1 unspecified atom stereocenters. The van der Waals surface area contributed by atoms with E-state index in [0.717, 1.165) is 6.07 Å². The second-order valence-electron chi connectivity index (χ2n) is 7.34. The van der Waals surface area contributed by atoms with E-state index in [0.29, 0.717) is 61.4 Å². The van der Waals surface area contributed by atoms with Crippen molar-refractivity contribution < 1.29 is 27.4 Å². The molecule has 2 aromatic carbocycles. The van der Waals surface area contributed by atoms with Crippen molar-refractivity contribution in [2.75, 3.05) is 26.3 Å². The van der Waals surface area contributed by atoms with Crippen molar-refractivity contribution in [3.63, 3.8) is 0 Å². The van der Waals surface area contributed by atoms with Crippen LogP contribution >= 0.6 is 0 Å². The molecule has 29 heavy (non-hydrogen) atoms. The van der Waals surface area contributed by atoms with Crippen molar-refractivity contribution in [3.05, 3.63) is 53.1 Å². The minimum absolute atomic E-state index is 0.0489. The molecule has 2 heterocycles. The lowest BCUT2D eigenvalue weighted by Gasteiger charge is -2.26. The van der Waals surface area contributed by atoms with Crippen LogP contribution in [0, 0.1) is 0 Å². The number of amides is 1. The lowest BCUT2D eigenvalue weighted by molar-refractivity contribution is -0.139. The number of ether oxygens (including phenoxy) is 2. The van der Waals surface area contributed by atoms with Crippen molar-refractivity contribution in [2.24, 2.45) is 0 Å². The van der Waals surface area contributed by atoms with E-state index in [1.807, 2.05) is 6.92 Å². The molecule has 0 bridgehead atoms. The Morgan fingerprint density at radius 1 is 1.10 bits per heavy atom. The molecule has 1 atom stereocenters. The van der Waals surface area contributed by atoms with Gasteiger partial charge in [0.25, 0.3) is 5.91 Å². The first-order chi connectivity index (χ1) is 13.9. The van der Waals surface area contributed by atoms with E-state index in [2.05, 4.69) is 0 Å². The number of hydrogen-bond donors (Lipinski definition) is 0. The summed E-state index contributed by atoms with van der Waals surface area (Å²) in [6.45, 7) is 4.01. The number of nitrogens with zero attached hydrogens (tertiary/aromatic N) is 1. The van der Waals surface area contributed by atoms with E-state index in [4.69, 9.17) is 9.47 Å². The van der Waals surface area contributed by atoms with Crippen LogP contribution in [-0.4, -0.2) is 43.2 Å². The number of halogens is 3. The average Bonchev–Trinajstić information content (AvgIpc) is 3.15. The summed E-state index contributed by atoms with van der Waals surface area (Å²) >= 11 is 0. The van der Waals surface area contributed by atoms with E-state index >= 15 is 0 Å². The van der Waals surface area contributed by atoms with Gasteiger partial charge in [0.2, 0.25) is 0 Å². The molecule has 0 aliphatic carbocycles. The van der Waals surface area contributed by atoms with Crippen molar-refractivity contribution >= 4 is 5.91 Å². The Kier molecular flexibility index (Phi) is 5.25. The van der Waals surface area contributed by atoms with Crippen molar-refractivity contribution in [1.82, 2.24) is 4.90 Å². The second-order valence-corrected chi connectivity index (χ2v) is 7.34. The Bertz CT molecular complexity index is 903. The standard InChI is InChI=1S/C22H22F3NO3/c1-2-18-12-17-11-16(13-19(20(17)29-18)22(23,24)25)14-3-5-15(6-4-14)21(27)26-7-9-28-10-8-26/h3-6,11,13,18H,2,7-10,12H2,1H3. The van der Waals surface area contributed by atoms with Gasteiger partial charge in [-0.2, -0.15) is 13.2 Å². The van der Waals surface area contributed by atoms with E-state index in [9.17, 15) is 18.0 Å². The summed E-state index contributed by atoms with van der Waals surface area (Å²) in [6.07, 6.45) is -3.60. The summed E-state index contributed by atoms with van der Waals surface area (Å²) < 4.78 is 51.6. The number of fused-ring (bicyclic) bond motifs is 1. The molecule has 2 aliphatic rings. The van der Waals surface area contributed by atoms with Crippen LogP contribution in [0.2, 0.25) is 0 Å². The van der Waals surface area contributed by atoms with Gasteiger partial charge in [0.15, 0.2) is 0 Å². The number of rotatable bonds is 3. The summed E-state index contributed by atoms with van der Waals surface area (Å²) in [6, 6.07) is 9.62. The molecule has 1 amide bonds. The molecule has 0 saturated carbocycles. The zero-order chi connectivity index (χ0) is 20.6. The highest BCUT2D eigenvalue weighted by Crippen LogP contribution is 2.44. The fourth-order valence-electron chi connectivity index (χ4n) is 3.79. The zero-order valence-corrected chi connectivity index (χ0v) is 16.1. The predicted molar refractivity (Wildman–Crippen MR) is 102 cm³/mol. The van der Waals surface area contributed by atoms with Gasteiger partial charge in [0.05, 0.1) is 18.8 Å². The lowest BCUT2D eigenvalue weighted by atomic mass is 9.96. The van der Waals surface area contributed by atoms with Crippen LogP contribution in [0.15, 0.2) is 36.4 Å². The van der Waals surface area contributed by atoms with Gasteiger partial charge < -0.3 is 14.4 Å². The third kappa shape index (κ3) is 3.96. The third-order valence-corrected chi connectivity index (χ3v) is 5.42. The topological polar surface area (TPSA) is 38.8 Å². The van der Waals surface area contributed by atoms with Gasteiger partial charge in [-0.1, -0.05) is 19.1 Å². The van der Waals surface area contributed by atoms with E-state index < -0.39 is 11.7 Å². The summed E-state index contributed by atoms with van der Waals surface area (Å²) in [5.41, 5.74) is 1.46. The highest BCUT2D eigenvalue weighted by molar-refractivity contribution is 5.94. The van der Waals surface area contributed by atoms with Crippen LogP contribution in [0.4, 0.5) is 13.2 Å². The van der Waals surface area contributed by atoms with Crippen LogP contribution in [0.5, 0.6) is 5.75 Å². The Morgan fingerprint density at radius 3 is 2.41 bits per heavy atom. The minimum atomic E-state index is -4.49. The van der Waals surface area contributed by atoms with Crippen molar-refractivity contribution in [1.29, 1.82) is 0 Å². The van der Waals surface area contributed by atoms with Gasteiger partial charge in [0.1, 0.15) is 11.9 Å². The predicted octanol–water partition coefficient (Wildman–Crippen LogP) is 4.56. The molecule has 1 saturated heterocycles. The zero-order valence-electron chi connectivity index (χ0n) is 16.1. The molecular formula is C22H22F3NO3. The number of carbonyl (C=O) groups is 1. The maximum atomic E-state index is 13.6. The van der Waals surface area contributed by atoms with Crippen LogP contribution in [0.1, 0.15) is 34.8 Å². The van der Waals surface area contributed by atoms with Crippen molar-refractivity contribution in [2.45, 2.75) is 32.0 Å². The maximum absolute atomic E-state index is 13.6. The summed E-state index contributed by atoms with van der Waals surface area (Å²) in [4.78, 5) is 14.3. The van der Waals surface area contributed by atoms with Crippen LogP contribution in [-0.2, 0) is 17.3 Å². The minimum Gasteiger partial charge on any atom is -0.489 e. The quantitative estimate of drug-likeness (QED) is 0.752. The largest absolute Gasteiger partial charge is 0.489 e. The molecule has 0 radical (unpaired) electrons. The molecular weight excluding hydrogens is 383 g/mol. The number of carbonyl (C=O) groups excluding carboxylic acids is 1. The number of morpholine rings is 1. The third-order valence-electron chi connectivity index (χ3n) is 5.42. The van der Waals surface area contributed by atoms with Gasteiger partial charge in [-0.3, -0.25) is 4.79 Å². The monoisotopic (exact) mass is 405 g/mol. The molecule has 1 fully saturated rings. The van der Waals surface area contributed by atoms with Gasteiger partial charge in [0, 0.05) is 25.1 Å². The highest BCUT2D eigenvalue weighted by atomic mass is 19.4. The molecule has 0 N–H and O–H groups in total. The first-order valence-electron chi connectivity index (χ1n) is 9.75. The lowest BCUT2D eigenvalue weighted by Crippen LogP contribution is -2.40. The maximum Gasteiger partial charge on any atom is 0.419 e. The average molecular weight is 405 g/mol. The molecule has 154 valence electrons. The molecule has 0 aromatic heterocycles. The second kappa shape index (κ2) is 7.71. The fourth-order valence-corrected chi connectivity index (χ4v) is 3.79. The van der Waals surface area contributed by atoms with E-state index in [-0.39, 0.29) is 17.8 Å². The Morgan fingerprint density at radius 2 is 1.79 bits per heavy atom.